The van der Waals surface area contributed by atoms with Crippen molar-refractivity contribution in [3.63, 3.8) is 0 Å². The maximum absolute atomic E-state index is 5.31. The van der Waals surface area contributed by atoms with Gasteiger partial charge in [-0.25, -0.2) is 4.98 Å². The number of rotatable bonds is 1. The highest BCUT2D eigenvalue weighted by Crippen LogP contribution is 1.96. The van der Waals surface area contributed by atoms with Crippen LogP contribution in [-0.4, -0.2) is 4.98 Å². The van der Waals surface area contributed by atoms with Crippen molar-refractivity contribution in [2.75, 3.05) is 0 Å². The average Bonchev–Trinajstić information content (AvgIpc) is 2.14. The first-order chi connectivity index (χ1) is 3.43. The lowest BCUT2D eigenvalue weighted by Crippen LogP contribution is -1.70. The van der Waals surface area contributed by atoms with Crippen molar-refractivity contribution >= 4 is 24.0 Å². The van der Waals surface area contributed by atoms with Gasteiger partial charge in [-0.1, -0.05) is 0 Å². The molecule has 0 fully saturated rings. The van der Waals surface area contributed by atoms with E-state index < -0.39 is 0 Å². The van der Waals surface area contributed by atoms with Crippen LogP contribution in [0.5, 0.6) is 0 Å². The van der Waals surface area contributed by atoms with E-state index in [1.54, 1.807) is 6.20 Å². The third-order valence-corrected chi connectivity index (χ3v) is 0.826. The van der Waals surface area contributed by atoms with Gasteiger partial charge in [-0.15, -0.1) is 24.0 Å². The van der Waals surface area contributed by atoms with Crippen LogP contribution in [0.15, 0.2) is 16.9 Å². The van der Waals surface area contributed by atoms with Gasteiger partial charge in [0, 0.05) is 0 Å². The Hall–Kier alpha value is -0.210. The van der Waals surface area contributed by atoms with Gasteiger partial charge in [-0.2, -0.15) is 0 Å². The first-order valence-electron chi connectivity index (χ1n) is 1.88. The molecular weight excluding hydrogens is 149 g/mol. The molecule has 4 heteroatoms. The Morgan fingerprint density at radius 2 is 2.50 bits per heavy atom. The molecule has 1 rings (SSSR count). The number of hydrogen-bond acceptors (Lipinski definition) is 2. The number of aromatic nitrogens is 1. The van der Waals surface area contributed by atoms with Crippen LogP contribution >= 0.6 is 24.0 Å². The van der Waals surface area contributed by atoms with Crippen LogP contribution in [0.1, 0.15) is 5.89 Å². The maximum Gasteiger partial charge on any atom is 0.208 e. The van der Waals surface area contributed by atoms with E-state index in [9.17, 15) is 0 Å². The summed E-state index contributed by atoms with van der Waals surface area (Å²) in [6.07, 6.45) is 3.06. The molecule has 2 nitrogen and oxygen atoms in total. The lowest BCUT2D eigenvalue weighted by Gasteiger charge is -1.75. The van der Waals surface area contributed by atoms with Gasteiger partial charge < -0.3 is 4.42 Å². The zero-order valence-corrected chi connectivity index (χ0v) is 5.58. The molecule has 0 aliphatic carbocycles. The summed E-state index contributed by atoms with van der Waals surface area (Å²) in [5, 5.41) is 0. The molecule has 0 radical (unpaired) electrons. The average molecular weight is 154 g/mol. The van der Waals surface area contributed by atoms with E-state index in [4.69, 9.17) is 16.0 Å². The van der Waals surface area contributed by atoms with Crippen LogP contribution in [0.2, 0.25) is 0 Å². The molecule has 0 aliphatic rings. The van der Waals surface area contributed by atoms with E-state index in [1.165, 1.54) is 6.26 Å². The second kappa shape index (κ2) is 3.75. The van der Waals surface area contributed by atoms with Gasteiger partial charge in [-0.3, -0.25) is 0 Å². The monoisotopic (exact) mass is 153 g/mol. The number of halogens is 2. The van der Waals surface area contributed by atoms with Gasteiger partial charge in [0.15, 0.2) is 0 Å². The standard InChI is InChI=1S/C4H4ClNO.ClH/c5-3-4-6-1-2-7-4;/h1-2H,3H2;1H. The van der Waals surface area contributed by atoms with Gasteiger partial charge in [0.2, 0.25) is 5.89 Å². The molecule has 0 saturated carbocycles. The first-order valence-corrected chi connectivity index (χ1v) is 2.41. The smallest absolute Gasteiger partial charge is 0.208 e. The molecule has 0 bridgehead atoms. The Labute approximate surface area is 58.3 Å². The Morgan fingerprint density at radius 1 is 1.75 bits per heavy atom. The summed E-state index contributed by atoms with van der Waals surface area (Å²) in [7, 11) is 0. The van der Waals surface area contributed by atoms with Gasteiger partial charge in [0.05, 0.1) is 12.1 Å². The highest BCUT2D eigenvalue weighted by molar-refractivity contribution is 6.16. The van der Waals surface area contributed by atoms with Crippen molar-refractivity contribution in [2.45, 2.75) is 5.88 Å². The fourth-order valence-corrected chi connectivity index (χ4v) is 0.451. The molecule has 0 atom stereocenters. The Bertz CT molecular complexity index is 129. The largest absolute Gasteiger partial charge is 0.448 e. The molecular formula is C4H5Cl2NO. The minimum absolute atomic E-state index is 0. The van der Waals surface area contributed by atoms with Crippen LogP contribution in [0, 0.1) is 0 Å². The number of nitrogens with zero attached hydrogens (tertiary/aromatic N) is 1. The van der Waals surface area contributed by atoms with Crippen molar-refractivity contribution in [3.8, 4) is 0 Å². The van der Waals surface area contributed by atoms with Crippen molar-refractivity contribution < 1.29 is 4.42 Å². The molecule has 0 spiro atoms. The zero-order chi connectivity index (χ0) is 5.11. The summed E-state index contributed by atoms with van der Waals surface area (Å²) >= 11 is 5.31. The van der Waals surface area contributed by atoms with E-state index >= 15 is 0 Å². The van der Waals surface area contributed by atoms with Crippen LogP contribution < -0.4 is 0 Å². The summed E-state index contributed by atoms with van der Waals surface area (Å²) in [5.74, 6) is 0.925. The minimum atomic E-state index is 0. The molecule has 1 heterocycles. The van der Waals surface area contributed by atoms with Crippen molar-refractivity contribution in [3.05, 3.63) is 18.4 Å². The summed E-state index contributed by atoms with van der Waals surface area (Å²) < 4.78 is 4.74. The molecule has 0 amide bonds. The molecule has 8 heavy (non-hydrogen) atoms. The van der Waals surface area contributed by atoms with Crippen molar-refractivity contribution in [2.24, 2.45) is 0 Å². The third kappa shape index (κ3) is 1.72. The molecule has 0 aromatic carbocycles. The van der Waals surface area contributed by atoms with Crippen LogP contribution in [0.4, 0.5) is 0 Å². The predicted molar refractivity (Wildman–Crippen MR) is 33.3 cm³/mol. The summed E-state index contributed by atoms with van der Waals surface area (Å²) in [6, 6.07) is 0. The lowest BCUT2D eigenvalue weighted by atomic mass is 10.8. The van der Waals surface area contributed by atoms with Gasteiger partial charge in [0.1, 0.15) is 6.26 Å². The van der Waals surface area contributed by atoms with Gasteiger partial charge in [0.25, 0.3) is 0 Å². The zero-order valence-electron chi connectivity index (χ0n) is 4.00. The first kappa shape index (κ1) is 7.79. The molecule has 46 valence electrons. The lowest BCUT2D eigenvalue weighted by molar-refractivity contribution is 0.516. The predicted octanol–water partition coefficient (Wildman–Crippen LogP) is 1.84. The number of oxazole rings is 1. The Balaban J connectivity index is 0.000000490. The molecule has 0 unspecified atom stereocenters. The van der Waals surface area contributed by atoms with E-state index in [0.717, 1.165) is 0 Å². The van der Waals surface area contributed by atoms with Gasteiger partial charge in [-0.05, 0) is 0 Å². The summed E-state index contributed by atoms with van der Waals surface area (Å²) in [6.45, 7) is 0. The topological polar surface area (TPSA) is 26.0 Å². The van der Waals surface area contributed by atoms with Gasteiger partial charge >= 0.3 is 0 Å². The summed E-state index contributed by atoms with van der Waals surface area (Å²) in [4.78, 5) is 3.74. The van der Waals surface area contributed by atoms with Crippen molar-refractivity contribution in [1.82, 2.24) is 4.98 Å². The SMILES string of the molecule is Cl.ClCc1ncco1. The Kier molecular flexibility index (Phi) is 3.65. The highest BCUT2D eigenvalue weighted by Gasteiger charge is 1.88. The third-order valence-electron chi connectivity index (χ3n) is 0.598. The second-order valence-corrected chi connectivity index (χ2v) is 1.33. The molecule has 1 aromatic heterocycles. The van der Waals surface area contributed by atoms with Crippen LogP contribution in [0.3, 0.4) is 0 Å². The fourth-order valence-electron chi connectivity index (χ4n) is 0.319. The molecule has 1 aromatic rings. The van der Waals surface area contributed by atoms with E-state index in [1.807, 2.05) is 0 Å². The molecule has 0 aliphatic heterocycles. The van der Waals surface area contributed by atoms with Crippen molar-refractivity contribution in [1.29, 1.82) is 0 Å². The van der Waals surface area contributed by atoms with E-state index in [0.29, 0.717) is 11.8 Å². The normalized spacial score (nSPS) is 8.12. The highest BCUT2D eigenvalue weighted by atomic mass is 35.5. The van der Waals surface area contributed by atoms with E-state index in [-0.39, 0.29) is 12.4 Å². The summed E-state index contributed by atoms with van der Waals surface area (Å²) in [5.41, 5.74) is 0. The maximum atomic E-state index is 5.31. The van der Waals surface area contributed by atoms with Crippen LogP contribution in [0.25, 0.3) is 0 Å². The Morgan fingerprint density at radius 3 is 2.75 bits per heavy atom. The number of alkyl halides is 1. The van der Waals surface area contributed by atoms with E-state index in [2.05, 4.69) is 4.98 Å². The molecule has 0 N–H and O–H groups in total. The quantitative estimate of drug-likeness (QED) is 0.576. The minimum Gasteiger partial charge on any atom is -0.448 e. The fraction of sp³-hybridized carbons (Fsp3) is 0.250. The second-order valence-electron chi connectivity index (χ2n) is 1.06. The number of hydrogen-bond donors (Lipinski definition) is 0. The van der Waals surface area contributed by atoms with Crippen LogP contribution in [-0.2, 0) is 5.88 Å². The molecule has 0 saturated heterocycles.